The van der Waals surface area contributed by atoms with E-state index in [1.54, 1.807) is 17.1 Å². The van der Waals surface area contributed by atoms with Gasteiger partial charge in [-0.3, -0.25) is 4.79 Å². The molecule has 0 spiro atoms. The Kier molecular flexibility index (Phi) is 6.92. The van der Waals surface area contributed by atoms with Crippen molar-refractivity contribution in [1.82, 2.24) is 29.6 Å². The van der Waals surface area contributed by atoms with E-state index in [1.165, 1.54) is 0 Å². The molecule has 1 fully saturated rings. The van der Waals surface area contributed by atoms with E-state index < -0.39 is 0 Å². The number of amides is 1. The first-order valence-electron chi connectivity index (χ1n) is 11.2. The third-order valence-electron chi connectivity index (χ3n) is 5.93. The molecule has 2 aromatic carbocycles. The van der Waals surface area contributed by atoms with Gasteiger partial charge in [-0.2, -0.15) is 0 Å². The Hall–Kier alpha value is -3.11. The fourth-order valence-electron chi connectivity index (χ4n) is 4.01. The van der Waals surface area contributed by atoms with E-state index in [2.05, 4.69) is 46.7 Å². The van der Waals surface area contributed by atoms with Crippen LogP contribution in [0.1, 0.15) is 5.56 Å². The first-order valence-corrected chi connectivity index (χ1v) is 12.8. The monoisotopic (exact) mass is 595 g/mol. The lowest BCUT2D eigenvalue weighted by molar-refractivity contribution is -0.132. The van der Waals surface area contributed by atoms with Crippen molar-refractivity contribution in [2.24, 2.45) is 0 Å². The average molecular weight is 597 g/mol. The Morgan fingerprint density at radius 2 is 1.66 bits per heavy atom. The lowest BCUT2D eigenvalue weighted by Gasteiger charge is -2.34. The molecule has 0 saturated carbocycles. The summed E-state index contributed by atoms with van der Waals surface area (Å²) < 4.78 is 3.59. The zero-order valence-corrected chi connectivity index (χ0v) is 22.3. The molecule has 178 valence electrons. The van der Waals surface area contributed by atoms with Crippen molar-refractivity contribution in [1.29, 1.82) is 0 Å². The third kappa shape index (κ3) is 5.28. The molecule has 0 bridgehead atoms. The number of carbonyl (C=O) groups is 1. The predicted octanol–water partition coefficient (Wildman–Crippen LogP) is 4.58. The maximum atomic E-state index is 13.3. The zero-order chi connectivity index (χ0) is 24.4. The van der Waals surface area contributed by atoms with Crippen molar-refractivity contribution in [3.63, 3.8) is 0 Å². The standard InChI is InChI=1S/C25H23Br2N7O/c1-17-13-19(7-8-21(17)27)23-30-24(18-5-3-2-4-6-18)34(31-23)16-22(35)32-9-11-33(12-10-32)25-28-14-20(26)15-29-25/h2-8,13-15H,9-12,16H2,1H3. The summed E-state index contributed by atoms with van der Waals surface area (Å²) in [5.74, 6) is 1.97. The van der Waals surface area contributed by atoms with Crippen LogP contribution in [-0.2, 0) is 11.3 Å². The van der Waals surface area contributed by atoms with E-state index in [4.69, 9.17) is 10.1 Å². The van der Waals surface area contributed by atoms with Gasteiger partial charge in [-0.05, 0) is 46.6 Å². The van der Waals surface area contributed by atoms with Gasteiger partial charge in [0.15, 0.2) is 11.6 Å². The molecule has 1 amide bonds. The zero-order valence-electron chi connectivity index (χ0n) is 19.1. The average Bonchev–Trinajstić information content (AvgIpc) is 3.30. The van der Waals surface area contributed by atoms with Gasteiger partial charge in [-0.1, -0.05) is 46.3 Å². The van der Waals surface area contributed by atoms with Crippen molar-refractivity contribution in [2.45, 2.75) is 13.5 Å². The van der Waals surface area contributed by atoms with E-state index in [0.717, 1.165) is 25.6 Å². The number of piperazine rings is 1. The molecule has 2 aromatic heterocycles. The number of hydrogen-bond donors (Lipinski definition) is 0. The maximum Gasteiger partial charge on any atom is 0.244 e. The minimum absolute atomic E-state index is 0.0157. The Balaban J connectivity index is 1.35. The molecular weight excluding hydrogens is 574 g/mol. The molecular formula is C25H23Br2N7O. The molecule has 0 N–H and O–H groups in total. The second-order valence-corrected chi connectivity index (χ2v) is 10.1. The summed E-state index contributed by atoms with van der Waals surface area (Å²) in [5, 5.41) is 4.74. The number of carbonyl (C=O) groups excluding carboxylic acids is 1. The summed E-state index contributed by atoms with van der Waals surface area (Å²) in [6, 6.07) is 15.9. The molecule has 1 aliphatic rings. The van der Waals surface area contributed by atoms with Crippen LogP contribution < -0.4 is 4.90 Å². The summed E-state index contributed by atoms with van der Waals surface area (Å²) >= 11 is 6.91. The molecule has 3 heterocycles. The van der Waals surface area contributed by atoms with Crippen LogP contribution in [0.15, 0.2) is 69.9 Å². The Labute approximate surface area is 220 Å². The Morgan fingerprint density at radius 1 is 0.943 bits per heavy atom. The second-order valence-electron chi connectivity index (χ2n) is 8.32. The SMILES string of the molecule is Cc1cc(-c2nc(-c3ccccc3)n(CC(=O)N3CCN(c4ncc(Br)cn4)CC3)n2)ccc1Br. The maximum absolute atomic E-state index is 13.3. The van der Waals surface area contributed by atoms with Crippen LogP contribution in [0.4, 0.5) is 5.95 Å². The number of rotatable bonds is 5. The largest absolute Gasteiger partial charge is 0.338 e. The summed E-state index contributed by atoms with van der Waals surface area (Å²) in [7, 11) is 0. The van der Waals surface area contributed by atoms with Crippen LogP contribution in [-0.4, -0.2) is 61.7 Å². The van der Waals surface area contributed by atoms with Crippen molar-refractivity contribution in [2.75, 3.05) is 31.1 Å². The van der Waals surface area contributed by atoms with Gasteiger partial charge in [-0.25, -0.2) is 19.6 Å². The number of benzene rings is 2. The number of halogens is 2. The molecule has 8 nitrogen and oxygen atoms in total. The van der Waals surface area contributed by atoms with Crippen molar-refractivity contribution < 1.29 is 4.79 Å². The molecule has 1 saturated heterocycles. The van der Waals surface area contributed by atoms with Crippen LogP contribution >= 0.6 is 31.9 Å². The molecule has 4 aromatic rings. The number of aryl methyl sites for hydroxylation is 1. The minimum Gasteiger partial charge on any atom is -0.338 e. The molecule has 10 heteroatoms. The fraction of sp³-hybridized carbons (Fsp3) is 0.240. The molecule has 0 radical (unpaired) electrons. The third-order valence-corrected chi connectivity index (χ3v) is 7.23. The highest BCUT2D eigenvalue weighted by Gasteiger charge is 2.24. The number of hydrogen-bond acceptors (Lipinski definition) is 6. The molecule has 35 heavy (non-hydrogen) atoms. The van der Waals surface area contributed by atoms with Crippen molar-refractivity contribution >= 4 is 43.7 Å². The molecule has 0 unspecified atom stereocenters. The van der Waals surface area contributed by atoms with Crippen molar-refractivity contribution in [3.8, 4) is 22.8 Å². The lowest BCUT2D eigenvalue weighted by Crippen LogP contribution is -2.50. The predicted molar refractivity (Wildman–Crippen MR) is 142 cm³/mol. The Bertz CT molecular complexity index is 1330. The van der Waals surface area contributed by atoms with Gasteiger partial charge in [0.2, 0.25) is 11.9 Å². The first kappa shape index (κ1) is 23.6. The normalized spacial score (nSPS) is 13.8. The van der Waals surface area contributed by atoms with Crippen LogP contribution in [0.2, 0.25) is 0 Å². The minimum atomic E-state index is 0.0157. The summed E-state index contributed by atoms with van der Waals surface area (Å²) in [6.07, 6.45) is 3.47. The number of aromatic nitrogens is 5. The summed E-state index contributed by atoms with van der Waals surface area (Å²) in [6.45, 7) is 4.73. The summed E-state index contributed by atoms with van der Waals surface area (Å²) in [4.78, 5) is 30.8. The Morgan fingerprint density at radius 3 is 2.34 bits per heavy atom. The lowest BCUT2D eigenvalue weighted by atomic mass is 10.1. The first-order chi connectivity index (χ1) is 17.0. The van der Waals surface area contributed by atoms with Gasteiger partial charge in [-0.15, -0.1) is 5.10 Å². The van der Waals surface area contributed by atoms with E-state index in [1.807, 2.05) is 60.4 Å². The van der Waals surface area contributed by atoms with Crippen LogP contribution in [0.25, 0.3) is 22.8 Å². The van der Waals surface area contributed by atoms with Gasteiger partial charge < -0.3 is 9.80 Å². The quantitative estimate of drug-likeness (QED) is 0.335. The highest BCUT2D eigenvalue weighted by molar-refractivity contribution is 9.10. The van der Waals surface area contributed by atoms with E-state index in [9.17, 15) is 4.79 Å². The highest BCUT2D eigenvalue weighted by atomic mass is 79.9. The number of anilines is 1. The van der Waals surface area contributed by atoms with E-state index in [-0.39, 0.29) is 12.5 Å². The topological polar surface area (TPSA) is 80.0 Å². The van der Waals surface area contributed by atoms with Gasteiger partial charge in [0.1, 0.15) is 6.54 Å². The second kappa shape index (κ2) is 10.2. The van der Waals surface area contributed by atoms with Crippen molar-refractivity contribution in [3.05, 3.63) is 75.4 Å². The van der Waals surface area contributed by atoms with Gasteiger partial charge >= 0.3 is 0 Å². The van der Waals surface area contributed by atoms with E-state index in [0.29, 0.717) is 43.8 Å². The molecule has 5 rings (SSSR count). The van der Waals surface area contributed by atoms with Gasteiger partial charge in [0.25, 0.3) is 0 Å². The highest BCUT2D eigenvalue weighted by Crippen LogP contribution is 2.26. The number of nitrogens with zero attached hydrogens (tertiary/aromatic N) is 7. The van der Waals surface area contributed by atoms with Crippen LogP contribution in [0.3, 0.4) is 0 Å². The van der Waals surface area contributed by atoms with Gasteiger partial charge in [0, 0.05) is 54.2 Å². The fourth-order valence-corrected chi connectivity index (χ4v) is 4.46. The summed E-state index contributed by atoms with van der Waals surface area (Å²) in [5.41, 5.74) is 2.94. The van der Waals surface area contributed by atoms with E-state index >= 15 is 0 Å². The molecule has 0 atom stereocenters. The smallest absolute Gasteiger partial charge is 0.244 e. The van der Waals surface area contributed by atoms with Gasteiger partial charge in [0.05, 0.1) is 4.47 Å². The molecule has 0 aliphatic carbocycles. The van der Waals surface area contributed by atoms with Crippen LogP contribution in [0.5, 0.6) is 0 Å². The molecule has 1 aliphatic heterocycles. The van der Waals surface area contributed by atoms with Crippen LogP contribution in [0, 0.1) is 6.92 Å².